The van der Waals surface area contributed by atoms with Crippen molar-refractivity contribution in [3.05, 3.63) is 24.0 Å². The van der Waals surface area contributed by atoms with Gasteiger partial charge < -0.3 is 14.4 Å². The van der Waals surface area contributed by atoms with Gasteiger partial charge in [0.05, 0.1) is 24.5 Å². The first-order chi connectivity index (χ1) is 9.72. The van der Waals surface area contributed by atoms with Gasteiger partial charge in [-0.25, -0.2) is 4.39 Å². The lowest BCUT2D eigenvalue weighted by molar-refractivity contribution is 0.258. The highest BCUT2D eigenvalue weighted by molar-refractivity contribution is 5.51. The van der Waals surface area contributed by atoms with Crippen LogP contribution in [0, 0.1) is 5.82 Å². The van der Waals surface area contributed by atoms with E-state index in [0.29, 0.717) is 18.0 Å². The van der Waals surface area contributed by atoms with E-state index in [1.807, 2.05) is 12.1 Å². The number of ether oxygens (including phenoxy) is 2. The van der Waals surface area contributed by atoms with E-state index in [9.17, 15) is 4.39 Å². The van der Waals surface area contributed by atoms with E-state index in [1.165, 1.54) is 6.07 Å². The molecule has 1 aromatic rings. The summed E-state index contributed by atoms with van der Waals surface area (Å²) in [6.45, 7) is 5.38. The van der Waals surface area contributed by atoms with Crippen LogP contribution in [-0.2, 0) is 4.74 Å². The minimum atomic E-state index is -0.188. The number of rotatable bonds is 5. The third-order valence-corrected chi connectivity index (χ3v) is 4.25. The Morgan fingerprint density at radius 2 is 2.10 bits per heavy atom. The van der Waals surface area contributed by atoms with E-state index in [-0.39, 0.29) is 11.4 Å². The molecule has 2 aliphatic heterocycles. The minimum Gasteiger partial charge on any atom is -0.493 e. The fourth-order valence-corrected chi connectivity index (χ4v) is 2.71. The molecule has 0 unspecified atom stereocenters. The van der Waals surface area contributed by atoms with Gasteiger partial charge in [0.15, 0.2) is 0 Å². The third-order valence-electron chi connectivity index (χ3n) is 4.25. The molecule has 0 amide bonds. The molecule has 2 heterocycles. The van der Waals surface area contributed by atoms with Gasteiger partial charge >= 0.3 is 0 Å². The first-order valence-electron chi connectivity index (χ1n) is 7.54. The minimum absolute atomic E-state index is 0.135. The maximum Gasteiger partial charge on any atom is 0.150 e. The van der Waals surface area contributed by atoms with Gasteiger partial charge in [0.25, 0.3) is 0 Å². The van der Waals surface area contributed by atoms with Crippen molar-refractivity contribution in [3.8, 4) is 5.75 Å². The molecule has 20 heavy (non-hydrogen) atoms. The molecule has 0 aromatic heterocycles. The lowest BCUT2D eigenvalue weighted by atomic mass is 9.97. The molecule has 2 aliphatic rings. The van der Waals surface area contributed by atoms with Crippen molar-refractivity contribution in [1.29, 1.82) is 0 Å². The zero-order valence-electron chi connectivity index (χ0n) is 12.0. The normalized spacial score (nSPS) is 20.2. The van der Waals surface area contributed by atoms with Crippen molar-refractivity contribution >= 4 is 5.69 Å². The first-order valence-corrected chi connectivity index (χ1v) is 7.54. The topological polar surface area (TPSA) is 25.0 Å². The van der Waals surface area contributed by atoms with E-state index in [0.717, 1.165) is 45.4 Å². The predicted molar refractivity (Wildman–Crippen MR) is 76.9 cm³/mol. The lowest BCUT2D eigenvalue weighted by Gasteiger charge is -2.32. The maximum atomic E-state index is 14.2. The molecular formula is C16H22FNO2. The summed E-state index contributed by atoms with van der Waals surface area (Å²) in [7, 11) is 0. The van der Waals surface area contributed by atoms with Gasteiger partial charge in [0.1, 0.15) is 11.6 Å². The molecule has 2 fully saturated rings. The quantitative estimate of drug-likeness (QED) is 0.610. The van der Waals surface area contributed by atoms with E-state index < -0.39 is 0 Å². The van der Waals surface area contributed by atoms with Crippen LogP contribution in [0.4, 0.5) is 10.1 Å². The summed E-state index contributed by atoms with van der Waals surface area (Å²) in [6, 6.07) is 5.21. The van der Waals surface area contributed by atoms with E-state index in [4.69, 9.17) is 9.47 Å². The molecule has 4 heteroatoms. The second-order valence-electron chi connectivity index (χ2n) is 5.77. The van der Waals surface area contributed by atoms with Crippen molar-refractivity contribution in [2.75, 3.05) is 31.2 Å². The molecule has 0 radical (unpaired) electrons. The van der Waals surface area contributed by atoms with Gasteiger partial charge in [-0.1, -0.05) is 13.3 Å². The largest absolute Gasteiger partial charge is 0.493 e. The Bertz CT molecular complexity index is 464. The van der Waals surface area contributed by atoms with Crippen molar-refractivity contribution in [2.45, 2.75) is 38.2 Å². The van der Waals surface area contributed by atoms with Crippen molar-refractivity contribution < 1.29 is 13.9 Å². The smallest absolute Gasteiger partial charge is 0.150 e. The maximum absolute atomic E-state index is 14.2. The molecule has 1 spiro atoms. The summed E-state index contributed by atoms with van der Waals surface area (Å²) < 4.78 is 25.2. The first kappa shape index (κ1) is 13.7. The SMILES string of the molecule is CCCCOc1ccc(N2CCC3(CC2)CO3)c(F)c1. The van der Waals surface area contributed by atoms with Gasteiger partial charge in [0, 0.05) is 19.2 Å². The van der Waals surface area contributed by atoms with E-state index in [2.05, 4.69) is 11.8 Å². The van der Waals surface area contributed by atoms with Gasteiger partial charge in [-0.3, -0.25) is 0 Å². The number of anilines is 1. The summed E-state index contributed by atoms with van der Waals surface area (Å²) >= 11 is 0. The van der Waals surface area contributed by atoms with Gasteiger partial charge in [-0.15, -0.1) is 0 Å². The second-order valence-corrected chi connectivity index (χ2v) is 5.77. The standard InChI is InChI=1S/C16H22FNO2/c1-2-3-10-19-13-4-5-15(14(17)11-13)18-8-6-16(7-9-18)12-20-16/h4-5,11H,2-3,6-10,12H2,1H3. The Balaban J connectivity index is 1.61. The van der Waals surface area contributed by atoms with Crippen molar-refractivity contribution in [1.82, 2.24) is 0 Å². The summed E-state index contributed by atoms with van der Waals surface area (Å²) in [5, 5.41) is 0. The highest BCUT2D eigenvalue weighted by Gasteiger charge is 2.46. The van der Waals surface area contributed by atoms with Gasteiger partial charge in [0.2, 0.25) is 0 Å². The fourth-order valence-electron chi connectivity index (χ4n) is 2.71. The molecule has 0 atom stereocenters. The molecule has 2 saturated heterocycles. The Morgan fingerprint density at radius 1 is 1.35 bits per heavy atom. The van der Waals surface area contributed by atoms with Gasteiger partial charge in [-0.2, -0.15) is 0 Å². The Kier molecular flexibility index (Phi) is 3.83. The zero-order valence-corrected chi connectivity index (χ0v) is 12.0. The molecule has 0 saturated carbocycles. The molecule has 1 aromatic carbocycles. The van der Waals surface area contributed by atoms with Crippen LogP contribution in [-0.4, -0.2) is 31.9 Å². The Hall–Kier alpha value is -1.29. The summed E-state index contributed by atoms with van der Waals surface area (Å²) in [6.07, 6.45) is 4.08. The summed E-state index contributed by atoms with van der Waals surface area (Å²) in [5.41, 5.74) is 0.819. The molecule has 3 rings (SSSR count). The number of epoxide rings is 1. The van der Waals surface area contributed by atoms with Crippen LogP contribution in [0.2, 0.25) is 0 Å². The fraction of sp³-hybridized carbons (Fsp3) is 0.625. The highest BCUT2D eigenvalue weighted by atomic mass is 19.1. The monoisotopic (exact) mass is 279 g/mol. The average molecular weight is 279 g/mol. The Labute approximate surface area is 119 Å². The van der Waals surface area contributed by atoms with Gasteiger partial charge in [-0.05, 0) is 31.4 Å². The number of nitrogens with zero attached hydrogens (tertiary/aromatic N) is 1. The van der Waals surface area contributed by atoms with Crippen LogP contribution < -0.4 is 9.64 Å². The van der Waals surface area contributed by atoms with Crippen LogP contribution in [0.5, 0.6) is 5.75 Å². The molecule has 110 valence electrons. The Morgan fingerprint density at radius 3 is 2.70 bits per heavy atom. The molecule has 3 nitrogen and oxygen atoms in total. The van der Waals surface area contributed by atoms with Crippen LogP contribution in [0.3, 0.4) is 0 Å². The zero-order chi connectivity index (χ0) is 14.0. The number of benzene rings is 1. The van der Waals surface area contributed by atoms with E-state index in [1.54, 1.807) is 0 Å². The summed E-state index contributed by atoms with van der Waals surface area (Å²) in [4.78, 5) is 2.11. The number of halogens is 1. The van der Waals surface area contributed by atoms with Crippen LogP contribution in [0.25, 0.3) is 0 Å². The number of piperidine rings is 1. The molecule has 0 N–H and O–H groups in total. The summed E-state index contributed by atoms with van der Waals surface area (Å²) in [5.74, 6) is 0.436. The third kappa shape index (κ3) is 2.90. The average Bonchev–Trinajstić information content (AvgIpc) is 3.20. The highest BCUT2D eigenvalue weighted by Crippen LogP contribution is 2.39. The van der Waals surface area contributed by atoms with Crippen molar-refractivity contribution in [3.63, 3.8) is 0 Å². The number of unbranched alkanes of at least 4 members (excludes halogenated alkanes) is 1. The lowest BCUT2D eigenvalue weighted by Crippen LogP contribution is -2.38. The van der Waals surface area contributed by atoms with Crippen LogP contribution >= 0.6 is 0 Å². The molecule has 0 aliphatic carbocycles. The molecular weight excluding hydrogens is 257 g/mol. The van der Waals surface area contributed by atoms with Crippen LogP contribution in [0.1, 0.15) is 32.6 Å². The number of hydrogen-bond acceptors (Lipinski definition) is 3. The van der Waals surface area contributed by atoms with Crippen LogP contribution in [0.15, 0.2) is 18.2 Å². The predicted octanol–water partition coefficient (Wildman–Crippen LogP) is 3.37. The van der Waals surface area contributed by atoms with Crippen molar-refractivity contribution in [2.24, 2.45) is 0 Å². The second kappa shape index (κ2) is 5.60. The van der Waals surface area contributed by atoms with E-state index >= 15 is 0 Å². The number of hydrogen-bond donors (Lipinski definition) is 0. The molecule has 0 bridgehead atoms.